The number of fused-ring (bicyclic) bond motifs is 1. The van der Waals surface area contributed by atoms with E-state index in [4.69, 9.17) is 10.00 Å². The number of pyridine rings is 2. The number of piperidine rings is 1. The predicted octanol–water partition coefficient (Wildman–Crippen LogP) is 3.73. The molecule has 0 N–H and O–H groups in total. The molecule has 0 aliphatic carbocycles. The van der Waals surface area contributed by atoms with Crippen molar-refractivity contribution < 1.29 is 4.74 Å². The largest absolute Gasteiger partial charge is 0.469 e. The first-order valence-corrected chi connectivity index (χ1v) is 11.6. The van der Waals surface area contributed by atoms with Crippen LogP contribution in [0.4, 0.5) is 0 Å². The summed E-state index contributed by atoms with van der Waals surface area (Å²) in [6.45, 7) is 7.35. The molecule has 0 aromatic carbocycles. The Labute approximate surface area is 203 Å². The van der Waals surface area contributed by atoms with Gasteiger partial charge in [-0.05, 0) is 51.3 Å². The van der Waals surface area contributed by atoms with E-state index in [2.05, 4.69) is 32.5 Å². The van der Waals surface area contributed by atoms with Crippen LogP contribution in [0.1, 0.15) is 54.6 Å². The highest BCUT2D eigenvalue weighted by molar-refractivity contribution is 5.68. The third-order valence-electron chi connectivity index (χ3n) is 6.49. The van der Waals surface area contributed by atoms with Gasteiger partial charge in [-0.15, -0.1) is 5.10 Å². The van der Waals surface area contributed by atoms with Crippen molar-refractivity contribution in [2.24, 2.45) is 0 Å². The molecule has 1 aliphatic heterocycles. The number of hydrogen-bond donors (Lipinski definition) is 0. The van der Waals surface area contributed by atoms with Crippen LogP contribution in [0, 0.1) is 36.6 Å². The maximum atomic E-state index is 9.62. The molecule has 0 saturated carbocycles. The van der Waals surface area contributed by atoms with Gasteiger partial charge < -0.3 is 9.64 Å². The molecule has 1 unspecified atom stereocenters. The fourth-order valence-electron chi connectivity index (χ4n) is 4.51. The van der Waals surface area contributed by atoms with Crippen LogP contribution in [0.2, 0.25) is 0 Å². The highest BCUT2D eigenvalue weighted by atomic mass is 16.5. The van der Waals surface area contributed by atoms with Crippen LogP contribution < -0.4 is 4.74 Å². The second kappa shape index (κ2) is 9.07. The van der Waals surface area contributed by atoms with Gasteiger partial charge in [-0.1, -0.05) is 11.3 Å². The Kier molecular flexibility index (Phi) is 5.79. The van der Waals surface area contributed by atoms with Crippen LogP contribution in [0.5, 0.6) is 5.88 Å². The highest BCUT2D eigenvalue weighted by Gasteiger charge is 2.25. The van der Waals surface area contributed by atoms with E-state index in [1.54, 1.807) is 9.30 Å². The second-order valence-electron chi connectivity index (χ2n) is 8.84. The first kappa shape index (κ1) is 22.4. The lowest BCUT2D eigenvalue weighted by molar-refractivity contribution is 0.210. The van der Waals surface area contributed by atoms with Gasteiger partial charge in [0.25, 0.3) is 0 Å². The molecule has 10 nitrogen and oxygen atoms in total. The van der Waals surface area contributed by atoms with Crippen molar-refractivity contribution in [2.45, 2.75) is 45.8 Å². The second-order valence-corrected chi connectivity index (χ2v) is 8.84. The van der Waals surface area contributed by atoms with Gasteiger partial charge in [-0.3, -0.25) is 9.38 Å². The molecule has 1 saturated heterocycles. The van der Waals surface area contributed by atoms with Gasteiger partial charge in [0.05, 0.1) is 23.6 Å². The Bertz CT molecular complexity index is 1450. The molecule has 0 amide bonds. The average molecular weight is 468 g/mol. The number of hydrogen-bond acceptors (Lipinski definition) is 8. The molecule has 0 radical (unpaired) electrons. The zero-order chi connectivity index (χ0) is 24.5. The number of nitriles is 2. The summed E-state index contributed by atoms with van der Waals surface area (Å²) in [5.41, 5.74) is 5.33. The Balaban J connectivity index is 1.51. The van der Waals surface area contributed by atoms with Crippen LogP contribution in [0.3, 0.4) is 0 Å². The number of ether oxygens (including phenoxy) is 1. The van der Waals surface area contributed by atoms with Crippen LogP contribution in [-0.2, 0) is 0 Å². The lowest BCUT2D eigenvalue weighted by atomic mass is 10.0. The van der Waals surface area contributed by atoms with Crippen LogP contribution in [0.15, 0.2) is 36.7 Å². The van der Waals surface area contributed by atoms with Crippen molar-refractivity contribution in [3.8, 4) is 29.4 Å². The number of nitrogens with zero attached hydrogens (tertiary/aromatic N) is 9. The first-order valence-electron chi connectivity index (χ1n) is 11.6. The third-order valence-corrected chi connectivity index (χ3v) is 6.49. The third kappa shape index (κ3) is 4.15. The SMILES string of the molecule is Cc1ccc(C(C)Oc2cc(-c3nnn(C4CCN(C#N)CC4)c3C)cc3ncc(C#N)n23)nc1. The standard InChI is InChI=1S/C25H25N9O/c1-16-4-5-22(28-13-16)18(3)35-24-11-19(10-23-29-14-21(12-26)33(23)24)25-17(2)34(31-30-25)20-6-8-32(15-27)9-7-20/h4-5,10-11,13-14,18,20H,6-9H2,1-3H3. The molecule has 0 spiro atoms. The fourth-order valence-corrected chi connectivity index (χ4v) is 4.51. The van der Waals surface area contributed by atoms with Gasteiger partial charge in [-0.25, -0.2) is 9.67 Å². The van der Waals surface area contributed by atoms with E-state index in [0.717, 1.165) is 54.1 Å². The topological polar surface area (TPSA) is 121 Å². The van der Waals surface area contributed by atoms with Crippen LogP contribution in [-0.4, -0.2) is 47.4 Å². The van der Waals surface area contributed by atoms with E-state index in [1.807, 2.05) is 55.9 Å². The molecule has 1 fully saturated rings. The monoisotopic (exact) mass is 467 g/mol. The zero-order valence-electron chi connectivity index (χ0n) is 19.9. The van der Waals surface area contributed by atoms with Crippen molar-refractivity contribution in [1.29, 1.82) is 10.5 Å². The van der Waals surface area contributed by atoms with Crippen molar-refractivity contribution in [2.75, 3.05) is 13.1 Å². The van der Waals surface area contributed by atoms with Gasteiger partial charge in [0.2, 0.25) is 5.88 Å². The van der Waals surface area contributed by atoms with Crippen molar-refractivity contribution in [3.63, 3.8) is 0 Å². The van der Waals surface area contributed by atoms with Crippen molar-refractivity contribution >= 4 is 5.65 Å². The van der Waals surface area contributed by atoms with E-state index in [-0.39, 0.29) is 12.1 Å². The molecule has 0 bridgehead atoms. The summed E-state index contributed by atoms with van der Waals surface area (Å²) < 4.78 is 9.98. The number of rotatable bonds is 5. The summed E-state index contributed by atoms with van der Waals surface area (Å²) in [6.07, 6.45) is 6.91. The van der Waals surface area contributed by atoms with E-state index in [1.165, 1.54) is 6.20 Å². The lowest BCUT2D eigenvalue weighted by Gasteiger charge is -2.28. The zero-order valence-corrected chi connectivity index (χ0v) is 19.9. The van der Waals surface area contributed by atoms with Crippen molar-refractivity contribution in [3.05, 3.63) is 59.3 Å². The summed E-state index contributed by atoms with van der Waals surface area (Å²) in [7, 11) is 0. The normalized spacial score (nSPS) is 15.1. The minimum atomic E-state index is -0.343. The molecule has 5 rings (SSSR count). The molecule has 1 aliphatic rings. The predicted molar refractivity (Wildman–Crippen MR) is 127 cm³/mol. The van der Waals surface area contributed by atoms with Gasteiger partial charge in [0, 0.05) is 30.9 Å². The van der Waals surface area contributed by atoms with Gasteiger partial charge in [-0.2, -0.15) is 10.5 Å². The van der Waals surface area contributed by atoms with Crippen LogP contribution >= 0.6 is 0 Å². The maximum absolute atomic E-state index is 9.62. The van der Waals surface area contributed by atoms with E-state index >= 15 is 0 Å². The Morgan fingerprint density at radius 3 is 2.57 bits per heavy atom. The summed E-state index contributed by atoms with van der Waals surface area (Å²) >= 11 is 0. The van der Waals surface area contributed by atoms with Gasteiger partial charge in [0.1, 0.15) is 29.2 Å². The smallest absolute Gasteiger partial charge is 0.201 e. The van der Waals surface area contributed by atoms with Crippen molar-refractivity contribution in [1.82, 2.24) is 34.3 Å². The lowest BCUT2D eigenvalue weighted by Crippen LogP contribution is -2.31. The van der Waals surface area contributed by atoms with Gasteiger partial charge in [0.15, 0.2) is 6.19 Å². The Hall–Kier alpha value is -4.44. The molecule has 10 heteroatoms. The van der Waals surface area contributed by atoms with E-state index < -0.39 is 0 Å². The molecular weight excluding hydrogens is 442 g/mol. The number of likely N-dealkylation sites (tertiary alicyclic amines) is 1. The van der Waals surface area contributed by atoms with Crippen LogP contribution in [0.25, 0.3) is 16.9 Å². The highest BCUT2D eigenvalue weighted by Crippen LogP contribution is 2.32. The number of aromatic nitrogens is 6. The molecule has 5 heterocycles. The number of imidazole rings is 1. The Morgan fingerprint density at radius 2 is 1.89 bits per heavy atom. The molecule has 35 heavy (non-hydrogen) atoms. The maximum Gasteiger partial charge on any atom is 0.201 e. The van der Waals surface area contributed by atoms with Gasteiger partial charge >= 0.3 is 0 Å². The summed E-state index contributed by atoms with van der Waals surface area (Å²) in [6, 6.07) is 10.1. The first-order chi connectivity index (χ1) is 17.0. The minimum Gasteiger partial charge on any atom is -0.469 e. The minimum absolute atomic E-state index is 0.199. The van der Waals surface area contributed by atoms with E-state index in [0.29, 0.717) is 17.2 Å². The molecule has 4 aromatic heterocycles. The van der Waals surface area contributed by atoms with E-state index in [9.17, 15) is 5.26 Å². The number of aryl methyl sites for hydroxylation is 1. The fraction of sp³-hybridized carbons (Fsp3) is 0.360. The Morgan fingerprint density at radius 1 is 1.09 bits per heavy atom. The molecular formula is C25H25N9O. The molecule has 4 aromatic rings. The average Bonchev–Trinajstić information content (AvgIpc) is 3.47. The molecule has 176 valence electrons. The summed E-state index contributed by atoms with van der Waals surface area (Å²) in [4.78, 5) is 10.7. The molecule has 1 atom stereocenters. The summed E-state index contributed by atoms with van der Waals surface area (Å²) in [5, 5.41) is 27.7. The quantitative estimate of drug-likeness (QED) is 0.407. The summed E-state index contributed by atoms with van der Waals surface area (Å²) in [5.74, 6) is 0.484.